The van der Waals surface area contributed by atoms with Gasteiger partial charge in [0, 0.05) is 12.6 Å². The van der Waals surface area contributed by atoms with Gasteiger partial charge in [0.05, 0.1) is 0 Å². The summed E-state index contributed by atoms with van der Waals surface area (Å²) in [6.45, 7) is 4.60. The van der Waals surface area contributed by atoms with E-state index in [1.807, 2.05) is 6.92 Å². The number of rotatable bonds is 5. The molecule has 18 heavy (non-hydrogen) atoms. The monoisotopic (exact) mass is 247 g/mol. The second-order valence-electron chi connectivity index (χ2n) is 4.38. The zero-order chi connectivity index (χ0) is 13.0. The fourth-order valence-electron chi connectivity index (χ4n) is 1.53. The van der Waals surface area contributed by atoms with E-state index < -0.39 is 0 Å². The average Bonchev–Trinajstić information content (AvgIpc) is 2.84. The van der Waals surface area contributed by atoms with Crippen LogP contribution in [0.1, 0.15) is 25.1 Å². The van der Waals surface area contributed by atoms with Gasteiger partial charge in [0.25, 0.3) is 0 Å². The highest BCUT2D eigenvalue weighted by atomic mass is 16.5. The first-order valence-electron chi connectivity index (χ1n) is 6.01. The molecule has 6 nitrogen and oxygen atoms in total. The second-order valence-corrected chi connectivity index (χ2v) is 4.38. The molecule has 0 spiro atoms. The molecule has 2 aromatic heterocycles. The van der Waals surface area contributed by atoms with Crippen molar-refractivity contribution in [1.29, 1.82) is 0 Å². The number of aromatic nitrogens is 4. The summed E-state index contributed by atoms with van der Waals surface area (Å²) in [5, 5.41) is 3.92. The molecule has 1 atom stereocenters. The third kappa shape index (κ3) is 3.10. The first-order chi connectivity index (χ1) is 8.69. The summed E-state index contributed by atoms with van der Waals surface area (Å²) in [6.07, 6.45) is 3.38. The Hall–Kier alpha value is -1.82. The predicted octanol–water partition coefficient (Wildman–Crippen LogP) is 1.36. The van der Waals surface area contributed by atoms with Crippen molar-refractivity contribution in [1.82, 2.24) is 20.1 Å². The van der Waals surface area contributed by atoms with E-state index in [0.29, 0.717) is 35.7 Å². The Morgan fingerprint density at radius 2 is 2.22 bits per heavy atom. The second kappa shape index (κ2) is 5.68. The van der Waals surface area contributed by atoms with Crippen LogP contribution < -0.4 is 5.73 Å². The summed E-state index contributed by atoms with van der Waals surface area (Å²) in [5.41, 5.74) is 6.25. The lowest BCUT2D eigenvalue weighted by Crippen LogP contribution is -2.11. The highest BCUT2D eigenvalue weighted by Gasteiger charge is 2.11. The Balaban J connectivity index is 2.06. The molecule has 0 amide bonds. The van der Waals surface area contributed by atoms with E-state index in [-0.39, 0.29) is 0 Å². The highest BCUT2D eigenvalue weighted by Crippen LogP contribution is 2.14. The zero-order valence-corrected chi connectivity index (χ0v) is 10.6. The largest absolute Gasteiger partial charge is 0.339 e. The fourth-order valence-corrected chi connectivity index (χ4v) is 1.53. The van der Waals surface area contributed by atoms with E-state index in [4.69, 9.17) is 10.3 Å². The molecule has 2 N–H and O–H groups in total. The van der Waals surface area contributed by atoms with Gasteiger partial charge in [0.2, 0.25) is 11.7 Å². The number of nitrogens with zero attached hydrogens (tertiary/aromatic N) is 4. The van der Waals surface area contributed by atoms with Crippen LogP contribution in [0.5, 0.6) is 0 Å². The third-order valence-corrected chi connectivity index (χ3v) is 2.73. The van der Waals surface area contributed by atoms with Crippen molar-refractivity contribution in [2.24, 2.45) is 11.7 Å². The van der Waals surface area contributed by atoms with E-state index in [1.165, 1.54) is 0 Å². The van der Waals surface area contributed by atoms with Crippen molar-refractivity contribution < 1.29 is 4.52 Å². The Labute approximate surface area is 106 Å². The van der Waals surface area contributed by atoms with Crippen molar-refractivity contribution in [3.63, 3.8) is 0 Å². The SMILES string of the molecule is Cc1nccc(-c2noc(CCC(C)CN)n2)n1. The van der Waals surface area contributed by atoms with Gasteiger partial charge in [-0.3, -0.25) is 0 Å². The normalized spacial score (nSPS) is 12.6. The smallest absolute Gasteiger partial charge is 0.227 e. The van der Waals surface area contributed by atoms with Crippen LogP contribution in [-0.2, 0) is 6.42 Å². The Bertz CT molecular complexity index is 511. The summed E-state index contributed by atoms with van der Waals surface area (Å²) in [7, 11) is 0. The van der Waals surface area contributed by atoms with Crippen LogP contribution in [-0.4, -0.2) is 26.7 Å². The van der Waals surface area contributed by atoms with Gasteiger partial charge in [0.1, 0.15) is 11.5 Å². The molecule has 0 aliphatic rings. The van der Waals surface area contributed by atoms with E-state index in [0.717, 1.165) is 12.8 Å². The predicted molar refractivity (Wildman–Crippen MR) is 66.6 cm³/mol. The van der Waals surface area contributed by atoms with E-state index in [9.17, 15) is 0 Å². The van der Waals surface area contributed by atoms with E-state index in [1.54, 1.807) is 12.3 Å². The first kappa shape index (κ1) is 12.6. The molecule has 1 unspecified atom stereocenters. The van der Waals surface area contributed by atoms with Gasteiger partial charge in [0.15, 0.2) is 0 Å². The standard InChI is InChI=1S/C12H17N5O/c1-8(7-13)3-4-11-16-12(17-18-11)10-5-6-14-9(2)15-10/h5-6,8H,3-4,7,13H2,1-2H3. The molecule has 0 saturated carbocycles. The molecule has 2 heterocycles. The summed E-state index contributed by atoms with van der Waals surface area (Å²) >= 11 is 0. The van der Waals surface area contributed by atoms with Gasteiger partial charge in [-0.15, -0.1) is 0 Å². The number of aryl methyl sites for hydroxylation is 2. The lowest BCUT2D eigenvalue weighted by atomic mass is 10.1. The molecule has 0 bridgehead atoms. The lowest BCUT2D eigenvalue weighted by Gasteiger charge is -2.03. The van der Waals surface area contributed by atoms with E-state index in [2.05, 4.69) is 27.0 Å². The topological polar surface area (TPSA) is 90.7 Å². The number of hydrogen-bond acceptors (Lipinski definition) is 6. The van der Waals surface area contributed by atoms with Crippen LogP contribution in [0.4, 0.5) is 0 Å². The maximum absolute atomic E-state index is 5.57. The van der Waals surface area contributed by atoms with Crippen LogP contribution in [0.25, 0.3) is 11.5 Å². The minimum atomic E-state index is 0.460. The van der Waals surface area contributed by atoms with Crippen molar-refractivity contribution in [3.05, 3.63) is 24.0 Å². The van der Waals surface area contributed by atoms with Gasteiger partial charge < -0.3 is 10.3 Å². The zero-order valence-electron chi connectivity index (χ0n) is 10.6. The molecule has 0 aliphatic heterocycles. The van der Waals surface area contributed by atoms with Crippen molar-refractivity contribution in [2.75, 3.05) is 6.54 Å². The molecule has 2 rings (SSSR count). The van der Waals surface area contributed by atoms with Gasteiger partial charge in [-0.2, -0.15) is 4.98 Å². The maximum atomic E-state index is 5.57. The van der Waals surface area contributed by atoms with Crippen LogP contribution in [0.3, 0.4) is 0 Å². The lowest BCUT2D eigenvalue weighted by molar-refractivity contribution is 0.366. The molecule has 96 valence electrons. The molecule has 2 aromatic rings. The van der Waals surface area contributed by atoms with Crippen LogP contribution in [0.15, 0.2) is 16.8 Å². The van der Waals surface area contributed by atoms with Gasteiger partial charge in [-0.05, 0) is 31.9 Å². The minimum Gasteiger partial charge on any atom is -0.339 e. The van der Waals surface area contributed by atoms with Crippen LogP contribution in [0, 0.1) is 12.8 Å². The van der Waals surface area contributed by atoms with Gasteiger partial charge in [-0.1, -0.05) is 12.1 Å². The summed E-state index contributed by atoms with van der Waals surface area (Å²) in [5.74, 6) is 2.29. The average molecular weight is 247 g/mol. The molecular formula is C12H17N5O. The molecular weight excluding hydrogens is 230 g/mol. The molecule has 0 saturated heterocycles. The highest BCUT2D eigenvalue weighted by molar-refractivity contribution is 5.46. The van der Waals surface area contributed by atoms with Crippen molar-refractivity contribution in [3.8, 4) is 11.5 Å². The van der Waals surface area contributed by atoms with Crippen LogP contribution in [0.2, 0.25) is 0 Å². The molecule has 0 fully saturated rings. The maximum Gasteiger partial charge on any atom is 0.227 e. The fraction of sp³-hybridized carbons (Fsp3) is 0.500. The summed E-state index contributed by atoms with van der Waals surface area (Å²) in [4.78, 5) is 12.6. The molecule has 0 radical (unpaired) electrons. The van der Waals surface area contributed by atoms with E-state index >= 15 is 0 Å². The molecule has 6 heteroatoms. The quantitative estimate of drug-likeness (QED) is 0.857. The van der Waals surface area contributed by atoms with Gasteiger partial charge >= 0.3 is 0 Å². The minimum absolute atomic E-state index is 0.460. The number of nitrogens with two attached hydrogens (primary N) is 1. The Morgan fingerprint density at radius 3 is 2.94 bits per heavy atom. The Morgan fingerprint density at radius 1 is 1.39 bits per heavy atom. The summed E-state index contributed by atoms with van der Waals surface area (Å²) < 4.78 is 5.19. The number of hydrogen-bond donors (Lipinski definition) is 1. The summed E-state index contributed by atoms with van der Waals surface area (Å²) in [6, 6.07) is 1.77. The Kier molecular flexibility index (Phi) is 3.99. The molecule has 0 aromatic carbocycles. The van der Waals surface area contributed by atoms with Crippen LogP contribution >= 0.6 is 0 Å². The van der Waals surface area contributed by atoms with Gasteiger partial charge in [-0.25, -0.2) is 9.97 Å². The first-order valence-corrected chi connectivity index (χ1v) is 6.01. The third-order valence-electron chi connectivity index (χ3n) is 2.73. The van der Waals surface area contributed by atoms with Crippen molar-refractivity contribution >= 4 is 0 Å². The van der Waals surface area contributed by atoms with Crippen molar-refractivity contribution in [2.45, 2.75) is 26.7 Å². The molecule has 0 aliphatic carbocycles.